The van der Waals surface area contributed by atoms with E-state index in [0.29, 0.717) is 0 Å². The van der Waals surface area contributed by atoms with E-state index in [9.17, 15) is 4.79 Å². The normalized spacial score (nSPS) is 12.2. The summed E-state index contributed by atoms with van der Waals surface area (Å²) >= 11 is 1.67. The highest BCUT2D eigenvalue weighted by molar-refractivity contribution is 7.10. The average Bonchev–Trinajstić information content (AvgIpc) is 2.72. The molecule has 0 spiro atoms. The number of nitrogens with zero attached hydrogens (tertiary/aromatic N) is 1. The number of urea groups is 1. The lowest BCUT2D eigenvalue weighted by Gasteiger charge is -2.22. The Bertz CT molecular complexity index is 294. The molecule has 0 radical (unpaired) electrons. The number of amides is 2. The van der Waals surface area contributed by atoms with E-state index in [0.717, 1.165) is 13.1 Å². The fourth-order valence-electron chi connectivity index (χ4n) is 1.40. The van der Waals surface area contributed by atoms with Crippen LogP contribution in [0.3, 0.4) is 0 Å². The van der Waals surface area contributed by atoms with Gasteiger partial charge < -0.3 is 10.2 Å². The predicted molar refractivity (Wildman–Crippen MR) is 64.2 cm³/mol. The minimum Gasteiger partial charge on any atom is -0.331 e. The third-order valence-electron chi connectivity index (χ3n) is 2.36. The summed E-state index contributed by atoms with van der Waals surface area (Å²) in [7, 11) is 0. The zero-order valence-corrected chi connectivity index (χ0v) is 10.3. The van der Waals surface area contributed by atoms with Crippen LogP contribution in [-0.2, 0) is 0 Å². The van der Waals surface area contributed by atoms with Crippen LogP contribution < -0.4 is 5.32 Å². The van der Waals surface area contributed by atoms with Crippen LogP contribution >= 0.6 is 11.3 Å². The van der Waals surface area contributed by atoms with Gasteiger partial charge in [-0.25, -0.2) is 4.79 Å². The monoisotopic (exact) mass is 226 g/mol. The van der Waals surface area contributed by atoms with Crippen molar-refractivity contribution in [1.82, 2.24) is 10.2 Å². The molecule has 2 amide bonds. The smallest absolute Gasteiger partial charge is 0.317 e. The quantitative estimate of drug-likeness (QED) is 0.841. The minimum atomic E-state index is 0.0147. The second kappa shape index (κ2) is 5.75. The number of hydrogen-bond donors (Lipinski definition) is 1. The first-order chi connectivity index (χ1) is 7.19. The Labute approximate surface area is 95.1 Å². The first-order valence-corrected chi connectivity index (χ1v) is 6.15. The summed E-state index contributed by atoms with van der Waals surface area (Å²) in [5.41, 5.74) is 0. The predicted octanol–water partition coefficient (Wildman–Crippen LogP) is 2.86. The van der Waals surface area contributed by atoms with Gasteiger partial charge in [0.2, 0.25) is 0 Å². The number of hydrogen-bond acceptors (Lipinski definition) is 2. The molecule has 1 rings (SSSR count). The fourth-order valence-corrected chi connectivity index (χ4v) is 2.13. The average molecular weight is 226 g/mol. The molecule has 4 heteroatoms. The van der Waals surface area contributed by atoms with Gasteiger partial charge in [-0.2, -0.15) is 0 Å². The molecular formula is C11H18N2OS. The van der Waals surface area contributed by atoms with Crippen molar-refractivity contribution in [2.75, 3.05) is 13.1 Å². The first-order valence-electron chi connectivity index (χ1n) is 5.27. The van der Waals surface area contributed by atoms with Crippen LogP contribution in [0, 0.1) is 0 Å². The molecule has 1 aromatic rings. The Balaban J connectivity index is 2.51. The van der Waals surface area contributed by atoms with Crippen molar-refractivity contribution in [3.63, 3.8) is 0 Å². The molecule has 1 atom stereocenters. The molecule has 1 heterocycles. The van der Waals surface area contributed by atoms with Gasteiger partial charge in [-0.05, 0) is 32.2 Å². The maximum absolute atomic E-state index is 11.7. The molecule has 0 aliphatic rings. The SMILES string of the molecule is CCN(CC)C(=O)NC(C)c1cccs1. The summed E-state index contributed by atoms with van der Waals surface area (Å²) in [5.74, 6) is 0. The van der Waals surface area contributed by atoms with Gasteiger partial charge in [-0.3, -0.25) is 0 Å². The Morgan fingerprint density at radius 2 is 2.20 bits per heavy atom. The van der Waals surface area contributed by atoms with Gasteiger partial charge in [0.15, 0.2) is 0 Å². The van der Waals surface area contributed by atoms with Crippen LogP contribution in [-0.4, -0.2) is 24.0 Å². The molecule has 1 N–H and O–H groups in total. The molecule has 84 valence electrons. The lowest BCUT2D eigenvalue weighted by Crippen LogP contribution is -2.40. The van der Waals surface area contributed by atoms with Crippen molar-refractivity contribution >= 4 is 17.4 Å². The van der Waals surface area contributed by atoms with Crippen molar-refractivity contribution in [3.05, 3.63) is 22.4 Å². The number of rotatable bonds is 4. The van der Waals surface area contributed by atoms with E-state index >= 15 is 0 Å². The highest BCUT2D eigenvalue weighted by atomic mass is 32.1. The lowest BCUT2D eigenvalue weighted by molar-refractivity contribution is 0.200. The molecule has 0 aromatic carbocycles. The number of nitrogens with one attached hydrogen (secondary N) is 1. The maximum atomic E-state index is 11.7. The van der Waals surface area contributed by atoms with E-state index < -0.39 is 0 Å². The Morgan fingerprint density at radius 3 is 2.67 bits per heavy atom. The van der Waals surface area contributed by atoms with Crippen LogP contribution in [0.5, 0.6) is 0 Å². The third kappa shape index (κ3) is 3.23. The summed E-state index contributed by atoms with van der Waals surface area (Å²) in [6.45, 7) is 7.48. The summed E-state index contributed by atoms with van der Waals surface area (Å²) in [4.78, 5) is 14.7. The summed E-state index contributed by atoms with van der Waals surface area (Å²) in [5, 5.41) is 5.00. The maximum Gasteiger partial charge on any atom is 0.317 e. The Hall–Kier alpha value is -1.03. The molecule has 0 saturated heterocycles. The van der Waals surface area contributed by atoms with E-state index in [1.54, 1.807) is 16.2 Å². The van der Waals surface area contributed by atoms with Gasteiger partial charge in [-0.15, -0.1) is 11.3 Å². The van der Waals surface area contributed by atoms with Crippen LogP contribution in [0.1, 0.15) is 31.7 Å². The standard InChI is InChI=1S/C11H18N2OS/c1-4-13(5-2)11(14)12-9(3)10-7-6-8-15-10/h6-9H,4-5H2,1-3H3,(H,12,14). The van der Waals surface area contributed by atoms with Gasteiger partial charge in [0, 0.05) is 18.0 Å². The van der Waals surface area contributed by atoms with Gasteiger partial charge in [0.1, 0.15) is 0 Å². The summed E-state index contributed by atoms with van der Waals surface area (Å²) in [6.07, 6.45) is 0. The molecule has 1 unspecified atom stereocenters. The van der Waals surface area contributed by atoms with Crippen LogP contribution in [0.25, 0.3) is 0 Å². The van der Waals surface area contributed by atoms with E-state index in [-0.39, 0.29) is 12.1 Å². The Morgan fingerprint density at radius 1 is 1.53 bits per heavy atom. The van der Waals surface area contributed by atoms with Gasteiger partial charge in [-0.1, -0.05) is 6.07 Å². The van der Waals surface area contributed by atoms with Crippen LogP contribution in [0.4, 0.5) is 4.79 Å². The van der Waals surface area contributed by atoms with Crippen molar-refractivity contribution in [2.45, 2.75) is 26.8 Å². The van der Waals surface area contributed by atoms with E-state index in [4.69, 9.17) is 0 Å². The second-order valence-corrected chi connectivity index (χ2v) is 4.34. The van der Waals surface area contributed by atoms with Crippen molar-refractivity contribution < 1.29 is 4.79 Å². The van der Waals surface area contributed by atoms with Crippen LogP contribution in [0.2, 0.25) is 0 Å². The van der Waals surface area contributed by atoms with Crippen molar-refractivity contribution in [1.29, 1.82) is 0 Å². The highest BCUT2D eigenvalue weighted by Crippen LogP contribution is 2.18. The minimum absolute atomic E-state index is 0.0147. The molecule has 0 aliphatic carbocycles. The number of thiophene rings is 1. The molecule has 0 saturated carbocycles. The highest BCUT2D eigenvalue weighted by Gasteiger charge is 2.13. The zero-order valence-electron chi connectivity index (χ0n) is 9.49. The van der Waals surface area contributed by atoms with Crippen molar-refractivity contribution in [3.8, 4) is 0 Å². The number of carbonyl (C=O) groups excluding carboxylic acids is 1. The van der Waals surface area contributed by atoms with Gasteiger partial charge in [0.25, 0.3) is 0 Å². The lowest BCUT2D eigenvalue weighted by atomic mass is 10.3. The fraction of sp³-hybridized carbons (Fsp3) is 0.545. The van der Waals surface area contributed by atoms with Gasteiger partial charge >= 0.3 is 6.03 Å². The molecule has 3 nitrogen and oxygen atoms in total. The number of carbonyl (C=O) groups is 1. The summed E-state index contributed by atoms with van der Waals surface area (Å²) < 4.78 is 0. The molecule has 0 bridgehead atoms. The molecule has 0 aliphatic heterocycles. The molecule has 1 aromatic heterocycles. The van der Waals surface area contributed by atoms with Crippen molar-refractivity contribution in [2.24, 2.45) is 0 Å². The zero-order chi connectivity index (χ0) is 11.3. The Kier molecular flexibility index (Phi) is 4.62. The second-order valence-electron chi connectivity index (χ2n) is 3.36. The van der Waals surface area contributed by atoms with E-state index in [1.165, 1.54) is 4.88 Å². The molecule has 0 fully saturated rings. The van der Waals surface area contributed by atoms with Crippen LogP contribution in [0.15, 0.2) is 17.5 Å². The topological polar surface area (TPSA) is 32.3 Å². The van der Waals surface area contributed by atoms with E-state index in [1.807, 2.05) is 38.3 Å². The third-order valence-corrected chi connectivity index (χ3v) is 3.42. The molecular weight excluding hydrogens is 208 g/mol. The first kappa shape index (κ1) is 12.0. The van der Waals surface area contributed by atoms with E-state index in [2.05, 4.69) is 5.32 Å². The largest absolute Gasteiger partial charge is 0.331 e. The van der Waals surface area contributed by atoms with Gasteiger partial charge in [0.05, 0.1) is 6.04 Å². The summed E-state index contributed by atoms with van der Waals surface area (Å²) in [6, 6.07) is 4.15. The molecule has 15 heavy (non-hydrogen) atoms.